The molecule has 0 aliphatic carbocycles. The van der Waals surface area contributed by atoms with Crippen LogP contribution in [0.2, 0.25) is 0 Å². The van der Waals surface area contributed by atoms with Crippen molar-refractivity contribution in [1.82, 2.24) is 14.4 Å². The average Bonchev–Trinajstić information content (AvgIpc) is 3.23. The molecule has 0 radical (unpaired) electrons. The first kappa shape index (κ1) is 22.3. The lowest BCUT2D eigenvalue weighted by atomic mass is 9.87. The summed E-state index contributed by atoms with van der Waals surface area (Å²) >= 11 is 0. The Morgan fingerprint density at radius 3 is 2.29 bits per heavy atom. The number of hydrogen-bond donors (Lipinski definition) is 2. The van der Waals surface area contributed by atoms with Crippen LogP contribution in [0.4, 0.5) is 11.5 Å². The second kappa shape index (κ2) is 8.72. The Hall–Kier alpha value is -4.45. The van der Waals surface area contributed by atoms with Crippen molar-refractivity contribution >= 4 is 23.1 Å². The average molecular weight is 462 g/mol. The molecule has 174 valence electrons. The lowest BCUT2D eigenvalue weighted by molar-refractivity contribution is 0.102. The summed E-state index contributed by atoms with van der Waals surface area (Å²) in [6, 6.07) is 25.3. The van der Waals surface area contributed by atoms with E-state index in [2.05, 4.69) is 31.1 Å². The molecule has 35 heavy (non-hydrogen) atoms. The van der Waals surface area contributed by atoms with E-state index in [0.717, 1.165) is 22.5 Å². The number of nitrogens with one attached hydrogen (secondary N) is 1. The Morgan fingerprint density at radius 2 is 1.57 bits per heavy atom. The third kappa shape index (κ3) is 4.64. The maximum Gasteiger partial charge on any atom is 0.255 e. The first-order chi connectivity index (χ1) is 16.8. The largest absolute Gasteiger partial charge is 0.382 e. The van der Waals surface area contributed by atoms with Crippen molar-refractivity contribution in [3.05, 3.63) is 102 Å². The van der Waals surface area contributed by atoms with Crippen LogP contribution in [0.1, 0.15) is 36.7 Å². The Labute approximate surface area is 204 Å². The topological polar surface area (TPSA) is 85.3 Å². The minimum atomic E-state index is -0.154. The van der Waals surface area contributed by atoms with Crippen LogP contribution in [0.25, 0.3) is 28.2 Å². The van der Waals surface area contributed by atoms with E-state index in [-0.39, 0.29) is 11.3 Å². The number of benzene rings is 3. The van der Waals surface area contributed by atoms with Crippen LogP contribution in [-0.4, -0.2) is 20.3 Å². The van der Waals surface area contributed by atoms with E-state index in [1.54, 1.807) is 6.20 Å². The normalized spacial score (nSPS) is 11.5. The zero-order valence-electron chi connectivity index (χ0n) is 20.0. The molecule has 3 aromatic carbocycles. The first-order valence-corrected chi connectivity index (χ1v) is 11.5. The van der Waals surface area contributed by atoms with E-state index >= 15 is 0 Å². The summed E-state index contributed by atoms with van der Waals surface area (Å²) in [5.41, 5.74) is 12.5. The molecule has 6 heteroatoms. The van der Waals surface area contributed by atoms with Gasteiger partial charge in [0.05, 0.1) is 11.9 Å². The number of nitrogens with zero attached hydrogens (tertiary/aromatic N) is 3. The lowest BCUT2D eigenvalue weighted by Crippen LogP contribution is -2.14. The quantitative estimate of drug-likeness (QED) is 0.334. The first-order valence-electron chi connectivity index (χ1n) is 11.5. The van der Waals surface area contributed by atoms with Gasteiger partial charge in [0.25, 0.3) is 5.91 Å². The summed E-state index contributed by atoms with van der Waals surface area (Å²) in [5, 5.41) is 3.01. The zero-order chi connectivity index (χ0) is 24.6. The molecule has 2 heterocycles. The highest BCUT2D eigenvalue weighted by molar-refractivity contribution is 6.04. The lowest BCUT2D eigenvalue weighted by Gasteiger charge is -2.19. The van der Waals surface area contributed by atoms with Gasteiger partial charge in [0.2, 0.25) is 0 Å². The summed E-state index contributed by atoms with van der Waals surface area (Å²) in [4.78, 5) is 22.3. The van der Waals surface area contributed by atoms with Crippen LogP contribution in [0.5, 0.6) is 0 Å². The monoisotopic (exact) mass is 461 g/mol. The highest BCUT2D eigenvalue weighted by Crippen LogP contribution is 2.29. The van der Waals surface area contributed by atoms with Crippen molar-refractivity contribution in [1.29, 1.82) is 0 Å². The number of aromatic nitrogens is 3. The number of hydrogen-bond acceptors (Lipinski definition) is 4. The molecule has 2 aromatic heterocycles. The number of amides is 1. The van der Waals surface area contributed by atoms with Crippen molar-refractivity contribution in [2.24, 2.45) is 0 Å². The van der Waals surface area contributed by atoms with E-state index in [1.165, 1.54) is 5.56 Å². The molecule has 0 saturated carbocycles. The number of rotatable bonds is 4. The van der Waals surface area contributed by atoms with Gasteiger partial charge in [0, 0.05) is 28.6 Å². The second-order valence-corrected chi connectivity index (χ2v) is 9.60. The standard InChI is InChI=1S/C29H27N5O/c1-29(2,3)22-14-12-20(13-15-22)28(35)31-23-11-7-10-21(16-23)24-17-34-18-25(30)33-27(34)26(32-24)19-8-5-4-6-9-19/h4-18H,30H2,1-3H3,(H,31,35). The van der Waals surface area contributed by atoms with E-state index in [9.17, 15) is 4.79 Å². The molecule has 5 rings (SSSR count). The summed E-state index contributed by atoms with van der Waals surface area (Å²) in [5.74, 6) is 0.276. The molecule has 1 amide bonds. The molecule has 0 bridgehead atoms. The molecule has 3 N–H and O–H groups in total. The summed E-state index contributed by atoms with van der Waals surface area (Å²) in [6.07, 6.45) is 3.68. The van der Waals surface area contributed by atoms with E-state index in [0.29, 0.717) is 22.7 Å². The fourth-order valence-corrected chi connectivity index (χ4v) is 4.03. The van der Waals surface area contributed by atoms with Crippen LogP contribution in [0.3, 0.4) is 0 Å². The fraction of sp³-hybridized carbons (Fsp3) is 0.138. The van der Waals surface area contributed by atoms with Crippen molar-refractivity contribution < 1.29 is 4.79 Å². The van der Waals surface area contributed by atoms with Crippen LogP contribution < -0.4 is 11.1 Å². The van der Waals surface area contributed by atoms with Crippen molar-refractivity contribution in [3.63, 3.8) is 0 Å². The van der Waals surface area contributed by atoms with E-state index in [1.807, 2.05) is 89.5 Å². The number of fused-ring (bicyclic) bond motifs is 1. The molecule has 0 unspecified atom stereocenters. The Bertz CT molecular complexity index is 1510. The summed E-state index contributed by atoms with van der Waals surface area (Å²) < 4.78 is 1.89. The second-order valence-electron chi connectivity index (χ2n) is 9.60. The van der Waals surface area contributed by atoms with Gasteiger partial charge in [-0.15, -0.1) is 0 Å². The predicted molar refractivity (Wildman–Crippen MR) is 141 cm³/mol. The maximum atomic E-state index is 12.9. The number of anilines is 2. The number of imidazole rings is 1. The minimum Gasteiger partial charge on any atom is -0.382 e. The van der Waals surface area contributed by atoms with Crippen molar-refractivity contribution in [3.8, 4) is 22.5 Å². The number of nitrogens with two attached hydrogens (primary N) is 1. The van der Waals surface area contributed by atoms with Crippen LogP contribution in [-0.2, 0) is 5.41 Å². The van der Waals surface area contributed by atoms with Gasteiger partial charge in [0.15, 0.2) is 5.65 Å². The van der Waals surface area contributed by atoms with Gasteiger partial charge in [-0.05, 0) is 35.2 Å². The summed E-state index contributed by atoms with van der Waals surface area (Å²) in [7, 11) is 0. The highest BCUT2D eigenvalue weighted by atomic mass is 16.1. The highest BCUT2D eigenvalue weighted by Gasteiger charge is 2.16. The molecule has 0 fully saturated rings. The van der Waals surface area contributed by atoms with E-state index < -0.39 is 0 Å². The number of carbonyl (C=O) groups is 1. The van der Waals surface area contributed by atoms with Gasteiger partial charge in [0.1, 0.15) is 11.5 Å². The zero-order valence-corrected chi connectivity index (χ0v) is 20.0. The summed E-state index contributed by atoms with van der Waals surface area (Å²) in [6.45, 7) is 6.46. The van der Waals surface area contributed by atoms with Gasteiger partial charge in [-0.2, -0.15) is 0 Å². The predicted octanol–water partition coefficient (Wildman–Crippen LogP) is 6.20. The molecule has 0 spiro atoms. The molecule has 5 aromatic rings. The van der Waals surface area contributed by atoms with Gasteiger partial charge < -0.3 is 15.5 Å². The Morgan fingerprint density at radius 1 is 0.857 bits per heavy atom. The van der Waals surface area contributed by atoms with Crippen LogP contribution >= 0.6 is 0 Å². The van der Waals surface area contributed by atoms with Crippen LogP contribution in [0, 0.1) is 0 Å². The Kier molecular flexibility index (Phi) is 5.57. The molecule has 0 saturated heterocycles. The molecule has 0 atom stereocenters. The minimum absolute atomic E-state index is 0.0376. The number of carbonyl (C=O) groups excluding carboxylic acids is 1. The van der Waals surface area contributed by atoms with Gasteiger partial charge in [-0.25, -0.2) is 9.97 Å². The van der Waals surface area contributed by atoms with Gasteiger partial charge in [-0.1, -0.05) is 75.4 Å². The smallest absolute Gasteiger partial charge is 0.255 e. The van der Waals surface area contributed by atoms with Gasteiger partial charge in [-0.3, -0.25) is 4.79 Å². The fourth-order valence-electron chi connectivity index (χ4n) is 4.03. The van der Waals surface area contributed by atoms with Gasteiger partial charge >= 0.3 is 0 Å². The molecule has 0 aliphatic heterocycles. The van der Waals surface area contributed by atoms with E-state index in [4.69, 9.17) is 10.7 Å². The van der Waals surface area contributed by atoms with Crippen LogP contribution in [0.15, 0.2) is 91.3 Å². The third-order valence-corrected chi connectivity index (χ3v) is 5.93. The SMILES string of the molecule is CC(C)(C)c1ccc(C(=O)Nc2cccc(-c3cn4cc(N)nc4c(-c4ccccc4)n3)c2)cc1. The third-order valence-electron chi connectivity index (χ3n) is 5.93. The van der Waals surface area contributed by atoms with Crippen molar-refractivity contribution in [2.45, 2.75) is 26.2 Å². The molecule has 6 nitrogen and oxygen atoms in total. The molecule has 0 aliphatic rings. The Balaban J connectivity index is 1.47. The molecular formula is C29H27N5O. The number of nitrogen functional groups attached to an aromatic ring is 1. The van der Waals surface area contributed by atoms with Crippen molar-refractivity contribution in [2.75, 3.05) is 11.1 Å². The molecular weight excluding hydrogens is 434 g/mol. The maximum absolute atomic E-state index is 12.9.